The van der Waals surface area contributed by atoms with Crippen LogP contribution in [0.25, 0.3) is 5.76 Å². The summed E-state index contributed by atoms with van der Waals surface area (Å²) in [6.07, 6.45) is 3.25. The van der Waals surface area contributed by atoms with Gasteiger partial charge in [0.25, 0.3) is 11.7 Å². The molecule has 0 radical (unpaired) electrons. The van der Waals surface area contributed by atoms with E-state index in [0.29, 0.717) is 28.5 Å². The summed E-state index contributed by atoms with van der Waals surface area (Å²) in [6, 6.07) is 16.5. The number of Topliss-reactive ketones (excluding diaryl/α,β-unsaturated/α-hetero) is 1. The number of benzene rings is 2. The summed E-state index contributed by atoms with van der Waals surface area (Å²) < 4.78 is 5.52. The summed E-state index contributed by atoms with van der Waals surface area (Å²) in [7, 11) is 0. The van der Waals surface area contributed by atoms with Gasteiger partial charge in [-0.2, -0.15) is 0 Å². The number of hydrogen-bond acceptors (Lipinski definition) is 5. The lowest BCUT2D eigenvalue weighted by atomic mass is 9.95. The van der Waals surface area contributed by atoms with Crippen molar-refractivity contribution >= 4 is 29.1 Å². The van der Waals surface area contributed by atoms with E-state index in [1.807, 2.05) is 6.92 Å². The van der Waals surface area contributed by atoms with Crippen molar-refractivity contribution in [3.8, 4) is 5.75 Å². The molecule has 1 fully saturated rings. The van der Waals surface area contributed by atoms with Gasteiger partial charge in [-0.1, -0.05) is 35.9 Å². The van der Waals surface area contributed by atoms with E-state index in [-0.39, 0.29) is 17.9 Å². The maximum absolute atomic E-state index is 13.1. The highest BCUT2D eigenvalue weighted by Crippen LogP contribution is 2.40. The topological polar surface area (TPSA) is 79.7 Å². The van der Waals surface area contributed by atoms with Crippen LogP contribution < -0.4 is 4.74 Å². The van der Waals surface area contributed by atoms with Crippen LogP contribution in [0.3, 0.4) is 0 Å². The van der Waals surface area contributed by atoms with E-state index < -0.39 is 17.7 Å². The Hall–Kier alpha value is -3.64. The summed E-state index contributed by atoms with van der Waals surface area (Å²) in [5.41, 5.74) is 1.92. The lowest BCUT2D eigenvalue weighted by Crippen LogP contribution is -2.29. The van der Waals surface area contributed by atoms with Crippen molar-refractivity contribution in [1.82, 2.24) is 9.88 Å². The monoisotopic (exact) mass is 448 g/mol. The first-order valence-corrected chi connectivity index (χ1v) is 10.5. The smallest absolute Gasteiger partial charge is 0.295 e. The predicted octanol–water partition coefficient (Wildman–Crippen LogP) is 4.76. The van der Waals surface area contributed by atoms with Crippen molar-refractivity contribution in [2.75, 3.05) is 6.61 Å². The van der Waals surface area contributed by atoms with Crippen LogP contribution in [0.15, 0.2) is 78.6 Å². The lowest BCUT2D eigenvalue weighted by Gasteiger charge is -2.25. The van der Waals surface area contributed by atoms with Gasteiger partial charge in [0, 0.05) is 29.5 Å². The third-order valence-corrected chi connectivity index (χ3v) is 5.50. The van der Waals surface area contributed by atoms with Crippen LogP contribution in [-0.2, 0) is 16.1 Å². The molecule has 1 aromatic heterocycles. The van der Waals surface area contributed by atoms with Crippen molar-refractivity contribution in [2.24, 2.45) is 0 Å². The average Bonchev–Trinajstić information content (AvgIpc) is 3.05. The van der Waals surface area contributed by atoms with Crippen molar-refractivity contribution in [1.29, 1.82) is 0 Å². The van der Waals surface area contributed by atoms with Gasteiger partial charge in [0.05, 0.1) is 18.2 Å². The molecule has 0 aliphatic carbocycles. The zero-order valence-electron chi connectivity index (χ0n) is 17.4. The van der Waals surface area contributed by atoms with Gasteiger partial charge in [0.1, 0.15) is 11.5 Å². The molecule has 6 nitrogen and oxygen atoms in total. The van der Waals surface area contributed by atoms with Crippen LogP contribution in [0.5, 0.6) is 5.75 Å². The number of hydrogen-bond donors (Lipinski definition) is 1. The Balaban J connectivity index is 1.84. The molecule has 162 valence electrons. The van der Waals surface area contributed by atoms with Crippen molar-refractivity contribution in [3.05, 3.63) is 100 Å². The molecule has 1 saturated heterocycles. The molecule has 0 bridgehead atoms. The number of aromatic nitrogens is 1. The zero-order valence-corrected chi connectivity index (χ0v) is 18.1. The first-order chi connectivity index (χ1) is 15.5. The number of carbonyl (C=O) groups is 2. The number of halogens is 1. The average molecular weight is 449 g/mol. The fourth-order valence-electron chi connectivity index (χ4n) is 3.77. The summed E-state index contributed by atoms with van der Waals surface area (Å²) in [4.78, 5) is 31.6. The summed E-state index contributed by atoms with van der Waals surface area (Å²) in [6.45, 7) is 2.51. The van der Waals surface area contributed by atoms with Gasteiger partial charge >= 0.3 is 0 Å². The Morgan fingerprint density at radius 1 is 1.09 bits per heavy atom. The minimum atomic E-state index is -0.767. The van der Waals surface area contributed by atoms with E-state index in [0.717, 1.165) is 5.56 Å². The first-order valence-electron chi connectivity index (χ1n) is 10.2. The molecule has 1 aliphatic heterocycles. The Morgan fingerprint density at radius 3 is 2.50 bits per heavy atom. The molecule has 2 aromatic carbocycles. The van der Waals surface area contributed by atoms with Crippen LogP contribution in [0.4, 0.5) is 0 Å². The second-order valence-corrected chi connectivity index (χ2v) is 7.73. The van der Waals surface area contributed by atoms with Crippen LogP contribution in [0.1, 0.15) is 29.7 Å². The Morgan fingerprint density at radius 2 is 1.81 bits per heavy atom. The number of rotatable bonds is 6. The van der Waals surface area contributed by atoms with Gasteiger partial charge in [-0.15, -0.1) is 0 Å². The number of nitrogens with zero attached hydrogens (tertiary/aromatic N) is 2. The van der Waals surface area contributed by atoms with Gasteiger partial charge in [-0.05, 0) is 54.4 Å². The molecule has 2 heterocycles. The lowest BCUT2D eigenvalue weighted by molar-refractivity contribution is -0.140. The second kappa shape index (κ2) is 9.24. The number of carbonyl (C=O) groups excluding carboxylic acids is 2. The van der Waals surface area contributed by atoms with Crippen molar-refractivity contribution in [2.45, 2.75) is 19.5 Å². The standard InChI is InChI=1S/C25H21ClN2O4/c1-2-32-20-5-3-4-18(14-20)23(29)21-22(17-6-8-19(26)9-7-17)28(25(31)24(21)30)15-16-10-12-27-13-11-16/h3-14,22,29H,2,15H2,1H3/b23-21-. The van der Waals surface area contributed by atoms with Gasteiger partial charge in [0.2, 0.25) is 0 Å². The number of ketones is 1. The highest BCUT2D eigenvalue weighted by Gasteiger charge is 2.46. The second-order valence-electron chi connectivity index (χ2n) is 7.29. The van der Waals surface area contributed by atoms with Crippen LogP contribution in [-0.4, -0.2) is 33.3 Å². The molecule has 32 heavy (non-hydrogen) atoms. The van der Waals surface area contributed by atoms with Crippen LogP contribution in [0, 0.1) is 0 Å². The zero-order chi connectivity index (χ0) is 22.7. The number of ether oxygens (including phenoxy) is 1. The van der Waals surface area contributed by atoms with Gasteiger partial charge in [-0.25, -0.2) is 0 Å². The molecule has 4 rings (SSSR count). The Kier molecular flexibility index (Phi) is 6.23. The van der Waals surface area contributed by atoms with Crippen LogP contribution >= 0.6 is 11.6 Å². The van der Waals surface area contributed by atoms with Gasteiger partial charge in [-0.3, -0.25) is 14.6 Å². The Labute approximate surface area is 190 Å². The minimum absolute atomic E-state index is 0.0278. The number of aliphatic hydroxyl groups is 1. The first kappa shape index (κ1) is 21.6. The molecule has 3 aromatic rings. The summed E-state index contributed by atoms with van der Waals surface area (Å²) in [5.74, 6) is -1.10. The third kappa shape index (κ3) is 4.22. The highest BCUT2D eigenvalue weighted by atomic mass is 35.5. The molecular weight excluding hydrogens is 428 g/mol. The molecule has 0 saturated carbocycles. The minimum Gasteiger partial charge on any atom is -0.507 e. The van der Waals surface area contributed by atoms with E-state index in [4.69, 9.17) is 16.3 Å². The van der Waals surface area contributed by atoms with E-state index in [1.54, 1.807) is 73.1 Å². The van der Waals surface area contributed by atoms with Crippen molar-refractivity contribution in [3.63, 3.8) is 0 Å². The number of pyridine rings is 1. The normalized spacial score (nSPS) is 17.6. The largest absolute Gasteiger partial charge is 0.507 e. The molecular formula is C25H21ClN2O4. The molecule has 1 amide bonds. The maximum atomic E-state index is 13.1. The quantitative estimate of drug-likeness (QED) is 0.334. The fourth-order valence-corrected chi connectivity index (χ4v) is 3.90. The SMILES string of the molecule is CCOc1cccc(/C(O)=C2/C(=O)C(=O)N(Cc3ccncc3)C2c2ccc(Cl)cc2)c1. The molecule has 1 atom stereocenters. The van der Waals surface area contributed by atoms with Crippen molar-refractivity contribution < 1.29 is 19.4 Å². The van der Waals surface area contributed by atoms with Gasteiger partial charge in [0.15, 0.2) is 0 Å². The number of likely N-dealkylation sites (tertiary alicyclic amines) is 1. The molecule has 0 spiro atoms. The fraction of sp³-hybridized carbons (Fsp3) is 0.160. The Bertz CT molecular complexity index is 1180. The van der Waals surface area contributed by atoms with E-state index >= 15 is 0 Å². The van der Waals surface area contributed by atoms with Gasteiger partial charge < -0.3 is 14.7 Å². The highest BCUT2D eigenvalue weighted by molar-refractivity contribution is 6.46. The molecule has 1 unspecified atom stereocenters. The summed E-state index contributed by atoms with van der Waals surface area (Å²) in [5, 5.41) is 11.7. The number of amides is 1. The maximum Gasteiger partial charge on any atom is 0.295 e. The van der Waals surface area contributed by atoms with E-state index in [2.05, 4.69) is 4.98 Å². The van der Waals surface area contributed by atoms with E-state index in [9.17, 15) is 14.7 Å². The predicted molar refractivity (Wildman–Crippen MR) is 121 cm³/mol. The number of aliphatic hydroxyl groups excluding tert-OH is 1. The van der Waals surface area contributed by atoms with E-state index in [1.165, 1.54) is 4.90 Å². The summed E-state index contributed by atoms with van der Waals surface area (Å²) >= 11 is 6.05. The van der Waals surface area contributed by atoms with Crippen LogP contribution in [0.2, 0.25) is 5.02 Å². The third-order valence-electron chi connectivity index (χ3n) is 5.25. The molecule has 1 N–H and O–H groups in total. The molecule has 7 heteroatoms. The molecule has 1 aliphatic rings.